The lowest BCUT2D eigenvalue weighted by atomic mass is 10.0. The third-order valence-electron chi connectivity index (χ3n) is 2.13. The Morgan fingerprint density at radius 2 is 2.15 bits per heavy atom. The molecule has 1 aliphatic rings. The fourth-order valence-corrected chi connectivity index (χ4v) is 2.25. The fraction of sp³-hybridized carbons (Fsp3) is 0.222. The molecule has 1 aromatic rings. The zero-order chi connectivity index (χ0) is 9.15. The van der Waals surface area contributed by atoms with Crippen molar-refractivity contribution in [1.82, 2.24) is 5.43 Å². The van der Waals surface area contributed by atoms with E-state index in [0.717, 1.165) is 11.3 Å². The molecule has 1 aromatic carbocycles. The molecule has 0 bridgehead atoms. The van der Waals surface area contributed by atoms with E-state index in [4.69, 9.17) is 5.84 Å². The van der Waals surface area contributed by atoms with Crippen molar-refractivity contribution in [2.75, 3.05) is 5.75 Å². The van der Waals surface area contributed by atoms with Crippen molar-refractivity contribution < 1.29 is 0 Å². The maximum atomic E-state index is 5.52. The number of hydrazine groups is 1. The van der Waals surface area contributed by atoms with E-state index in [1.54, 1.807) is 11.8 Å². The molecule has 1 atom stereocenters. The first-order valence-corrected chi connectivity index (χ1v) is 5.11. The zero-order valence-corrected chi connectivity index (χ0v) is 7.92. The quantitative estimate of drug-likeness (QED) is 0.546. The molecule has 1 aliphatic heterocycles. The van der Waals surface area contributed by atoms with Crippen LogP contribution in [0, 0.1) is 0 Å². The first kappa shape index (κ1) is 8.74. The van der Waals surface area contributed by atoms with Crippen molar-refractivity contribution in [3.8, 4) is 0 Å². The number of aliphatic imine (C=N–C) groups is 1. The molecule has 0 amide bonds. The average Bonchev–Trinajstić information content (AvgIpc) is 2.69. The van der Waals surface area contributed by atoms with Crippen molar-refractivity contribution in [2.45, 2.75) is 5.66 Å². The Balaban J connectivity index is 2.37. The minimum absolute atomic E-state index is 0.411. The van der Waals surface area contributed by atoms with Gasteiger partial charge in [-0.15, -0.1) is 11.8 Å². The van der Waals surface area contributed by atoms with Crippen LogP contribution in [0.1, 0.15) is 5.56 Å². The highest BCUT2D eigenvalue weighted by Crippen LogP contribution is 2.30. The number of hydrogen-bond donors (Lipinski definition) is 2. The van der Waals surface area contributed by atoms with Crippen molar-refractivity contribution >= 4 is 17.3 Å². The summed E-state index contributed by atoms with van der Waals surface area (Å²) in [5.74, 6) is 6.38. The van der Waals surface area contributed by atoms with Crippen LogP contribution in [-0.2, 0) is 5.66 Å². The summed E-state index contributed by atoms with van der Waals surface area (Å²) in [6, 6.07) is 10.0. The van der Waals surface area contributed by atoms with Gasteiger partial charge in [-0.3, -0.25) is 10.8 Å². The molecule has 0 spiro atoms. The van der Waals surface area contributed by atoms with Gasteiger partial charge in [0.15, 0.2) is 5.66 Å². The lowest BCUT2D eigenvalue weighted by molar-refractivity contribution is 0.409. The van der Waals surface area contributed by atoms with Gasteiger partial charge < -0.3 is 0 Å². The second kappa shape index (κ2) is 3.49. The van der Waals surface area contributed by atoms with Crippen molar-refractivity contribution in [2.24, 2.45) is 10.8 Å². The number of rotatable bonds is 2. The Kier molecular flexibility index (Phi) is 2.35. The summed E-state index contributed by atoms with van der Waals surface area (Å²) in [4.78, 5) is 4.36. The minimum Gasteiger partial charge on any atom is -0.269 e. The zero-order valence-electron chi connectivity index (χ0n) is 7.10. The molecule has 1 heterocycles. The molecule has 0 radical (unpaired) electrons. The first-order chi connectivity index (χ1) is 6.37. The van der Waals surface area contributed by atoms with Gasteiger partial charge >= 0.3 is 0 Å². The van der Waals surface area contributed by atoms with E-state index in [9.17, 15) is 0 Å². The molecule has 3 nitrogen and oxygen atoms in total. The highest BCUT2D eigenvalue weighted by atomic mass is 32.2. The van der Waals surface area contributed by atoms with Crippen molar-refractivity contribution in [3.05, 3.63) is 35.9 Å². The summed E-state index contributed by atoms with van der Waals surface area (Å²) >= 11 is 1.67. The SMILES string of the molecule is NNC1(c2ccccc2)CSC=N1. The van der Waals surface area contributed by atoms with Gasteiger partial charge in [0.1, 0.15) is 0 Å². The highest BCUT2D eigenvalue weighted by molar-refractivity contribution is 8.12. The van der Waals surface area contributed by atoms with Crippen molar-refractivity contribution in [3.63, 3.8) is 0 Å². The highest BCUT2D eigenvalue weighted by Gasteiger charge is 2.32. The van der Waals surface area contributed by atoms with E-state index < -0.39 is 5.66 Å². The molecule has 68 valence electrons. The number of nitrogens with one attached hydrogen (secondary N) is 1. The normalized spacial score (nSPS) is 26.5. The van der Waals surface area contributed by atoms with Crippen LogP contribution in [0.15, 0.2) is 35.3 Å². The van der Waals surface area contributed by atoms with Crippen LogP contribution in [0.4, 0.5) is 0 Å². The summed E-state index contributed by atoms with van der Waals surface area (Å²) in [6.07, 6.45) is 0. The molecule has 3 N–H and O–H groups in total. The molecule has 4 heteroatoms. The van der Waals surface area contributed by atoms with Gasteiger partial charge in [0, 0.05) is 5.75 Å². The molecule has 0 saturated heterocycles. The summed E-state index contributed by atoms with van der Waals surface area (Å²) in [5, 5.41) is 0. The fourth-order valence-electron chi connectivity index (χ4n) is 1.36. The standard InChI is InChI=1S/C9H11N3S/c10-12-9(6-13-7-11-9)8-4-2-1-3-5-8/h1-5,7,12H,6,10H2. The van der Waals surface area contributed by atoms with Crippen molar-refractivity contribution in [1.29, 1.82) is 0 Å². The van der Waals surface area contributed by atoms with Gasteiger partial charge in [0.05, 0.1) is 5.55 Å². The van der Waals surface area contributed by atoms with Crippen LogP contribution in [-0.4, -0.2) is 11.3 Å². The third-order valence-corrected chi connectivity index (χ3v) is 2.97. The maximum absolute atomic E-state index is 5.52. The molecule has 0 saturated carbocycles. The van der Waals surface area contributed by atoms with Gasteiger partial charge in [0.2, 0.25) is 0 Å². The number of thioether (sulfide) groups is 1. The van der Waals surface area contributed by atoms with Crippen LogP contribution < -0.4 is 11.3 Å². The molecule has 1 unspecified atom stereocenters. The minimum atomic E-state index is -0.411. The van der Waals surface area contributed by atoms with Crippen LogP contribution in [0.2, 0.25) is 0 Å². The Bertz CT molecular complexity index is 312. The predicted octanol–water partition coefficient (Wildman–Crippen LogP) is 1.08. The van der Waals surface area contributed by atoms with Gasteiger partial charge in [-0.05, 0) is 5.56 Å². The van der Waals surface area contributed by atoms with Gasteiger partial charge in [-0.25, -0.2) is 5.43 Å². The van der Waals surface area contributed by atoms with Crippen LogP contribution >= 0.6 is 11.8 Å². The summed E-state index contributed by atoms with van der Waals surface area (Å²) in [7, 11) is 0. The Hall–Kier alpha value is -0.840. The molecule has 0 fully saturated rings. The Morgan fingerprint density at radius 1 is 1.38 bits per heavy atom. The van der Waals surface area contributed by atoms with Crippen LogP contribution in [0.25, 0.3) is 0 Å². The second-order valence-corrected chi connectivity index (χ2v) is 3.75. The molecule has 2 rings (SSSR count). The third kappa shape index (κ3) is 1.48. The molecular weight excluding hydrogens is 182 g/mol. The summed E-state index contributed by atoms with van der Waals surface area (Å²) < 4.78 is 0. The summed E-state index contributed by atoms with van der Waals surface area (Å²) in [5.41, 5.74) is 5.31. The lowest BCUT2D eigenvalue weighted by Crippen LogP contribution is -2.45. The van der Waals surface area contributed by atoms with E-state index in [2.05, 4.69) is 10.4 Å². The number of hydrogen-bond acceptors (Lipinski definition) is 4. The molecule has 13 heavy (non-hydrogen) atoms. The van der Waals surface area contributed by atoms with E-state index in [1.807, 2.05) is 35.9 Å². The van der Waals surface area contributed by atoms with E-state index >= 15 is 0 Å². The average molecular weight is 193 g/mol. The molecular formula is C9H11N3S. The predicted molar refractivity (Wildman–Crippen MR) is 56.4 cm³/mol. The van der Waals surface area contributed by atoms with Gasteiger partial charge in [-0.1, -0.05) is 30.3 Å². The van der Waals surface area contributed by atoms with E-state index in [1.165, 1.54) is 0 Å². The van der Waals surface area contributed by atoms with Crippen LogP contribution in [0.5, 0.6) is 0 Å². The largest absolute Gasteiger partial charge is 0.269 e. The summed E-state index contributed by atoms with van der Waals surface area (Å²) in [6.45, 7) is 0. The van der Waals surface area contributed by atoms with Crippen LogP contribution in [0.3, 0.4) is 0 Å². The lowest BCUT2D eigenvalue weighted by Gasteiger charge is -2.24. The topological polar surface area (TPSA) is 50.4 Å². The van der Waals surface area contributed by atoms with Gasteiger partial charge in [-0.2, -0.15) is 0 Å². The molecule has 0 aliphatic carbocycles. The smallest absolute Gasteiger partial charge is 0.158 e. The van der Waals surface area contributed by atoms with E-state index in [-0.39, 0.29) is 0 Å². The van der Waals surface area contributed by atoms with Gasteiger partial charge in [0.25, 0.3) is 0 Å². The molecule has 0 aromatic heterocycles. The first-order valence-electron chi connectivity index (χ1n) is 4.06. The number of nitrogens with zero attached hydrogens (tertiary/aromatic N) is 1. The monoisotopic (exact) mass is 193 g/mol. The number of nitrogens with two attached hydrogens (primary N) is 1. The Morgan fingerprint density at radius 3 is 2.69 bits per heavy atom. The second-order valence-electron chi connectivity index (χ2n) is 2.92. The Labute approximate surface area is 81.4 Å². The maximum Gasteiger partial charge on any atom is 0.158 e. The van der Waals surface area contributed by atoms with E-state index in [0.29, 0.717) is 0 Å². The number of benzene rings is 1.